The Balaban J connectivity index is 1.31. The molecule has 5 rings (SSSR count). The molecule has 0 fully saturated rings. The maximum atomic E-state index is 12.9. The Hall–Kier alpha value is -3.44. The van der Waals surface area contributed by atoms with Crippen LogP contribution in [0.5, 0.6) is 0 Å². The first kappa shape index (κ1) is 18.6. The first-order valence-corrected chi connectivity index (χ1v) is 10.3. The molecule has 1 N–H and O–H groups in total. The Labute approximate surface area is 175 Å². The van der Waals surface area contributed by atoms with Crippen LogP contribution in [0.1, 0.15) is 33.3 Å². The normalized spacial score (nSPS) is 15.7. The summed E-state index contributed by atoms with van der Waals surface area (Å²) in [6.07, 6.45) is 2.71. The summed E-state index contributed by atoms with van der Waals surface area (Å²) in [5.74, 6) is -0.0914. The number of hydrogen-bond donors (Lipinski definition) is 1. The fraction of sp³-hybridized carbons (Fsp3) is 0.200. The van der Waals surface area contributed by atoms with Crippen LogP contribution in [0.15, 0.2) is 79.0 Å². The molecule has 1 atom stereocenters. The van der Waals surface area contributed by atoms with Crippen LogP contribution < -0.4 is 5.32 Å². The zero-order chi connectivity index (χ0) is 20.3. The van der Waals surface area contributed by atoms with E-state index in [4.69, 9.17) is 9.84 Å². The summed E-state index contributed by atoms with van der Waals surface area (Å²) in [5.41, 5.74) is 4.01. The second-order valence-electron chi connectivity index (χ2n) is 7.57. The number of hydrogen-bond acceptors (Lipinski definition) is 3. The molecule has 30 heavy (non-hydrogen) atoms. The number of benzene rings is 3. The minimum atomic E-state index is -0.232. The van der Waals surface area contributed by atoms with Gasteiger partial charge < -0.3 is 10.1 Å². The number of nitrogens with zero attached hydrogens (tertiary/aromatic N) is 2. The van der Waals surface area contributed by atoms with Crippen LogP contribution in [-0.2, 0) is 17.7 Å². The quantitative estimate of drug-likeness (QED) is 0.551. The zero-order valence-corrected chi connectivity index (χ0v) is 16.6. The molecule has 1 amide bonds. The van der Waals surface area contributed by atoms with Gasteiger partial charge in [0, 0.05) is 18.3 Å². The van der Waals surface area contributed by atoms with Gasteiger partial charge in [0.1, 0.15) is 6.10 Å². The third kappa shape index (κ3) is 3.72. The van der Waals surface area contributed by atoms with Crippen molar-refractivity contribution in [3.63, 3.8) is 0 Å². The van der Waals surface area contributed by atoms with E-state index in [1.165, 1.54) is 11.1 Å². The lowest BCUT2D eigenvalue weighted by molar-refractivity contribution is 0.0383. The number of nitrogens with one attached hydrogen (secondary N) is 1. The number of fused-ring (bicyclic) bond motifs is 2. The lowest BCUT2D eigenvalue weighted by atomic mass is 10.0. The van der Waals surface area contributed by atoms with E-state index in [9.17, 15) is 4.79 Å². The molecular formula is C25H23N3O2. The van der Waals surface area contributed by atoms with Crippen LogP contribution >= 0.6 is 0 Å². The smallest absolute Gasteiger partial charge is 0.252 e. The van der Waals surface area contributed by atoms with Gasteiger partial charge in [-0.15, -0.1) is 0 Å². The van der Waals surface area contributed by atoms with E-state index in [2.05, 4.69) is 23.6 Å². The first-order valence-electron chi connectivity index (χ1n) is 10.3. The van der Waals surface area contributed by atoms with Gasteiger partial charge in [-0.05, 0) is 34.4 Å². The van der Waals surface area contributed by atoms with Crippen molar-refractivity contribution < 1.29 is 9.53 Å². The van der Waals surface area contributed by atoms with Gasteiger partial charge in [-0.2, -0.15) is 5.10 Å². The molecule has 0 saturated heterocycles. The predicted molar refractivity (Wildman–Crippen MR) is 116 cm³/mol. The molecule has 150 valence electrons. The van der Waals surface area contributed by atoms with Crippen LogP contribution in [0.4, 0.5) is 0 Å². The summed E-state index contributed by atoms with van der Waals surface area (Å²) in [6, 6.07) is 24.0. The Bertz CT molecular complexity index is 1180. The molecule has 0 bridgehead atoms. The molecule has 5 nitrogen and oxygen atoms in total. The van der Waals surface area contributed by atoms with Crippen molar-refractivity contribution in [3.8, 4) is 0 Å². The summed E-state index contributed by atoms with van der Waals surface area (Å²) in [4.78, 5) is 12.9. The average molecular weight is 397 g/mol. The summed E-state index contributed by atoms with van der Waals surface area (Å²) >= 11 is 0. The van der Waals surface area contributed by atoms with E-state index in [0.29, 0.717) is 18.7 Å². The summed E-state index contributed by atoms with van der Waals surface area (Å²) in [5, 5.41) is 9.83. The minimum absolute atomic E-state index is 0.0914. The first-order chi connectivity index (χ1) is 14.8. The standard InChI is InChI=1S/C25H23N3O2/c29-25(22-12-6-10-19-9-4-5-11-21(19)22)26-15-23-24-20(13-14-30-23)17-28(27-24)16-18-7-2-1-3-8-18/h1-12,17,23H,13-16H2,(H,26,29)/t23-/m0/s1. The van der Waals surface area contributed by atoms with Gasteiger partial charge in [0.25, 0.3) is 5.91 Å². The van der Waals surface area contributed by atoms with Crippen molar-refractivity contribution in [3.05, 3.63) is 101 Å². The van der Waals surface area contributed by atoms with Gasteiger partial charge in [-0.3, -0.25) is 9.48 Å². The lowest BCUT2D eigenvalue weighted by Gasteiger charge is -2.22. The van der Waals surface area contributed by atoms with Crippen molar-refractivity contribution in [2.75, 3.05) is 13.2 Å². The fourth-order valence-corrected chi connectivity index (χ4v) is 4.04. The predicted octanol–water partition coefficient (Wildman–Crippen LogP) is 4.13. The minimum Gasteiger partial charge on any atom is -0.370 e. The van der Waals surface area contributed by atoms with E-state index < -0.39 is 0 Å². The van der Waals surface area contributed by atoms with Crippen LogP contribution in [0.25, 0.3) is 10.8 Å². The van der Waals surface area contributed by atoms with Crippen LogP contribution in [-0.4, -0.2) is 28.8 Å². The Morgan fingerprint density at radius 2 is 1.83 bits per heavy atom. The second-order valence-corrected chi connectivity index (χ2v) is 7.57. The molecule has 0 spiro atoms. The van der Waals surface area contributed by atoms with Gasteiger partial charge in [0.05, 0.1) is 18.8 Å². The van der Waals surface area contributed by atoms with Crippen molar-refractivity contribution in [2.45, 2.75) is 19.1 Å². The van der Waals surface area contributed by atoms with Gasteiger partial charge in [0.2, 0.25) is 0 Å². The molecule has 1 aliphatic heterocycles. The topological polar surface area (TPSA) is 56.1 Å². The van der Waals surface area contributed by atoms with Crippen molar-refractivity contribution in [2.24, 2.45) is 0 Å². The van der Waals surface area contributed by atoms with E-state index in [-0.39, 0.29) is 12.0 Å². The van der Waals surface area contributed by atoms with Crippen LogP contribution in [0, 0.1) is 0 Å². The molecule has 0 unspecified atom stereocenters. The van der Waals surface area contributed by atoms with Crippen molar-refractivity contribution in [1.29, 1.82) is 0 Å². The van der Waals surface area contributed by atoms with E-state index in [1.807, 2.05) is 65.3 Å². The molecule has 0 saturated carbocycles. The highest BCUT2D eigenvalue weighted by Gasteiger charge is 2.25. The molecule has 4 aromatic rings. The molecule has 1 aromatic heterocycles. The lowest BCUT2D eigenvalue weighted by Crippen LogP contribution is -2.32. The largest absolute Gasteiger partial charge is 0.370 e. The maximum Gasteiger partial charge on any atom is 0.252 e. The number of ether oxygens (including phenoxy) is 1. The number of amides is 1. The number of rotatable bonds is 5. The Morgan fingerprint density at radius 1 is 1.03 bits per heavy atom. The third-order valence-electron chi connectivity index (χ3n) is 5.54. The zero-order valence-electron chi connectivity index (χ0n) is 16.6. The summed E-state index contributed by atoms with van der Waals surface area (Å²) in [6.45, 7) is 1.76. The molecule has 0 aliphatic carbocycles. The van der Waals surface area contributed by atoms with Gasteiger partial charge in [-0.1, -0.05) is 66.7 Å². The SMILES string of the molecule is O=C(NC[C@@H]1OCCc2cn(Cc3ccccc3)nc21)c1cccc2ccccc12. The summed E-state index contributed by atoms with van der Waals surface area (Å²) < 4.78 is 7.92. The monoisotopic (exact) mass is 397 g/mol. The third-order valence-corrected chi connectivity index (χ3v) is 5.54. The van der Waals surface area contributed by atoms with E-state index in [1.54, 1.807) is 0 Å². The van der Waals surface area contributed by atoms with Crippen molar-refractivity contribution in [1.82, 2.24) is 15.1 Å². The van der Waals surface area contributed by atoms with Gasteiger partial charge in [-0.25, -0.2) is 0 Å². The molecule has 2 heterocycles. The van der Waals surface area contributed by atoms with Crippen molar-refractivity contribution >= 4 is 16.7 Å². The molecule has 3 aromatic carbocycles. The maximum absolute atomic E-state index is 12.9. The molecule has 1 aliphatic rings. The Kier molecular flexibility index (Phi) is 5.03. The van der Waals surface area contributed by atoms with E-state index >= 15 is 0 Å². The average Bonchev–Trinajstić information content (AvgIpc) is 3.20. The summed E-state index contributed by atoms with van der Waals surface area (Å²) in [7, 11) is 0. The highest BCUT2D eigenvalue weighted by Crippen LogP contribution is 2.26. The molecular weight excluding hydrogens is 374 g/mol. The highest BCUT2D eigenvalue weighted by molar-refractivity contribution is 6.07. The fourth-order valence-electron chi connectivity index (χ4n) is 4.04. The van der Waals surface area contributed by atoms with Crippen LogP contribution in [0.2, 0.25) is 0 Å². The number of aromatic nitrogens is 2. The number of carbonyl (C=O) groups is 1. The number of carbonyl (C=O) groups excluding carboxylic acids is 1. The molecule has 0 radical (unpaired) electrons. The van der Waals surface area contributed by atoms with E-state index in [0.717, 1.165) is 29.4 Å². The Morgan fingerprint density at radius 3 is 2.73 bits per heavy atom. The van der Waals surface area contributed by atoms with Crippen LogP contribution in [0.3, 0.4) is 0 Å². The van der Waals surface area contributed by atoms with Gasteiger partial charge in [0.15, 0.2) is 0 Å². The van der Waals surface area contributed by atoms with Gasteiger partial charge >= 0.3 is 0 Å². The molecule has 5 heteroatoms. The highest BCUT2D eigenvalue weighted by atomic mass is 16.5. The second kappa shape index (κ2) is 8.13.